The van der Waals surface area contributed by atoms with E-state index in [9.17, 15) is 24.1 Å². The number of non-ortho nitro benzene ring substituents is 1. The number of nitro groups is 1. The number of carbonyl (C=O) groups excluding carboxylic acids is 2. The second-order valence-corrected chi connectivity index (χ2v) is 6.64. The van der Waals surface area contributed by atoms with Gasteiger partial charge in [-0.05, 0) is 36.7 Å². The first kappa shape index (κ1) is 22.9. The van der Waals surface area contributed by atoms with Crippen molar-refractivity contribution in [3.05, 3.63) is 70.0 Å². The number of benzene rings is 2. The van der Waals surface area contributed by atoms with Crippen molar-refractivity contribution in [1.82, 2.24) is 5.32 Å². The molecule has 0 heterocycles. The number of nitrogens with one attached hydrogen (secondary N) is 2. The van der Waals surface area contributed by atoms with E-state index in [1.807, 2.05) is 30.3 Å². The molecule has 0 atom stereocenters. The summed E-state index contributed by atoms with van der Waals surface area (Å²) in [6.07, 6.45) is 1.15. The number of hydrogen-bond donors (Lipinski definition) is 2. The zero-order chi connectivity index (χ0) is 21.9. The second-order valence-electron chi connectivity index (χ2n) is 6.23. The Balaban J connectivity index is 1.67. The zero-order valence-electron chi connectivity index (χ0n) is 15.9. The van der Waals surface area contributed by atoms with Gasteiger partial charge in [-0.3, -0.25) is 19.7 Å². The molecule has 158 valence electrons. The fourth-order valence-corrected chi connectivity index (χ4v) is 2.68. The van der Waals surface area contributed by atoms with Crippen molar-refractivity contribution in [3.63, 3.8) is 0 Å². The van der Waals surface area contributed by atoms with E-state index in [4.69, 9.17) is 17.0 Å². The van der Waals surface area contributed by atoms with E-state index in [1.165, 1.54) is 0 Å². The smallest absolute Gasteiger partial charge is 0.306 e. The molecular formula is C20H20FN3O5S. The van der Waals surface area contributed by atoms with Crippen molar-refractivity contribution in [3.8, 4) is 0 Å². The maximum atomic E-state index is 13.7. The van der Waals surface area contributed by atoms with E-state index < -0.39 is 22.6 Å². The fourth-order valence-electron chi connectivity index (χ4n) is 2.46. The van der Waals surface area contributed by atoms with E-state index >= 15 is 0 Å². The lowest BCUT2D eigenvalue weighted by Crippen LogP contribution is -2.34. The van der Waals surface area contributed by atoms with Gasteiger partial charge in [-0.25, -0.2) is 4.39 Å². The number of esters is 1. The van der Waals surface area contributed by atoms with Crippen LogP contribution in [-0.2, 0) is 20.7 Å². The number of nitro benzene ring substituents is 1. The number of carbonyl (C=O) groups is 2. The molecule has 0 aliphatic heterocycles. The van der Waals surface area contributed by atoms with Crippen molar-refractivity contribution in [2.24, 2.45) is 0 Å². The largest absolute Gasteiger partial charge is 0.466 e. The van der Waals surface area contributed by atoms with Crippen LogP contribution in [0.1, 0.15) is 24.8 Å². The van der Waals surface area contributed by atoms with Crippen LogP contribution in [0.3, 0.4) is 0 Å². The van der Waals surface area contributed by atoms with Crippen LogP contribution in [0.15, 0.2) is 48.5 Å². The zero-order valence-corrected chi connectivity index (χ0v) is 16.7. The number of aryl methyl sites for hydroxylation is 1. The quantitative estimate of drug-likeness (QED) is 0.205. The predicted octanol–water partition coefficient (Wildman–Crippen LogP) is 3.50. The van der Waals surface area contributed by atoms with Crippen LogP contribution in [0.4, 0.5) is 15.8 Å². The lowest BCUT2D eigenvalue weighted by atomic mass is 10.1. The Bertz CT molecular complexity index is 924. The summed E-state index contributed by atoms with van der Waals surface area (Å²) in [6, 6.07) is 12.7. The molecule has 2 N–H and O–H groups in total. The number of ether oxygens (including phenoxy) is 1. The molecule has 2 rings (SSSR count). The molecule has 2 aromatic rings. The van der Waals surface area contributed by atoms with Crippen LogP contribution >= 0.6 is 12.2 Å². The molecule has 1 amide bonds. The maximum Gasteiger partial charge on any atom is 0.306 e. The van der Waals surface area contributed by atoms with Gasteiger partial charge in [-0.15, -0.1) is 0 Å². The minimum Gasteiger partial charge on any atom is -0.466 e. The molecule has 0 spiro atoms. The molecule has 0 saturated carbocycles. The Kier molecular flexibility index (Phi) is 8.82. The highest BCUT2D eigenvalue weighted by atomic mass is 32.1. The van der Waals surface area contributed by atoms with Crippen molar-refractivity contribution in [2.75, 3.05) is 11.9 Å². The van der Waals surface area contributed by atoms with Crippen molar-refractivity contribution < 1.29 is 23.6 Å². The van der Waals surface area contributed by atoms with Gasteiger partial charge in [0, 0.05) is 18.6 Å². The van der Waals surface area contributed by atoms with E-state index in [2.05, 4.69) is 10.6 Å². The van der Waals surface area contributed by atoms with Crippen LogP contribution in [0.2, 0.25) is 0 Å². The van der Waals surface area contributed by atoms with E-state index in [-0.39, 0.29) is 35.9 Å². The maximum absolute atomic E-state index is 13.7. The Hall–Kier alpha value is -3.40. The summed E-state index contributed by atoms with van der Waals surface area (Å²) in [4.78, 5) is 33.7. The molecular weight excluding hydrogens is 413 g/mol. The normalized spacial score (nSPS) is 10.2. The van der Waals surface area contributed by atoms with E-state index in [0.717, 1.165) is 30.2 Å². The van der Waals surface area contributed by atoms with Crippen LogP contribution in [0, 0.1) is 15.9 Å². The minimum absolute atomic E-state index is 0.134. The summed E-state index contributed by atoms with van der Waals surface area (Å²) in [5.41, 5.74) is 0.574. The van der Waals surface area contributed by atoms with Gasteiger partial charge in [-0.1, -0.05) is 30.3 Å². The number of amides is 1. The molecule has 0 radical (unpaired) electrons. The number of hydrogen-bond acceptors (Lipinski definition) is 6. The lowest BCUT2D eigenvalue weighted by Gasteiger charge is -2.10. The monoisotopic (exact) mass is 433 g/mol. The number of anilines is 1. The van der Waals surface area contributed by atoms with Gasteiger partial charge in [0.1, 0.15) is 5.82 Å². The lowest BCUT2D eigenvalue weighted by molar-refractivity contribution is -0.384. The Morgan fingerprint density at radius 1 is 1.13 bits per heavy atom. The highest BCUT2D eigenvalue weighted by Gasteiger charge is 2.14. The van der Waals surface area contributed by atoms with Crippen molar-refractivity contribution >= 4 is 40.6 Å². The summed E-state index contributed by atoms with van der Waals surface area (Å²) in [5.74, 6) is -1.85. The topological polar surface area (TPSA) is 111 Å². The summed E-state index contributed by atoms with van der Waals surface area (Å²) < 4.78 is 18.8. The first-order valence-corrected chi connectivity index (χ1v) is 9.50. The molecule has 0 bridgehead atoms. The van der Waals surface area contributed by atoms with Crippen LogP contribution in [0.5, 0.6) is 0 Å². The third-order valence-electron chi connectivity index (χ3n) is 3.93. The molecule has 0 unspecified atom stereocenters. The first-order chi connectivity index (χ1) is 14.3. The van der Waals surface area contributed by atoms with Gasteiger partial charge in [0.2, 0.25) is 5.91 Å². The summed E-state index contributed by atoms with van der Waals surface area (Å²) in [6.45, 7) is 0.251. The number of thiocarbonyl (C=S) groups is 1. The predicted molar refractivity (Wildman–Crippen MR) is 112 cm³/mol. The number of rotatable bonds is 9. The molecule has 10 heteroatoms. The van der Waals surface area contributed by atoms with Gasteiger partial charge in [0.15, 0.2) is 5.11 Å². The number of nitrogens with zero attached hydrogens (tertiary/aromatic N) is 1. The van der Waals surface area contributed by atoms with Gasteiger partial charge in [-0.2, -0.15) is 0 Å². The highest BCUT2D eigenvalue weighted by molar-refractivity contribution is 7.80. The average molecular weight is 433 g/mol. The van der Waals surface area contributed by atoms with Crippen LogP contribution in [-0.4, -0.2) is 28.5 Å². The molecule has 0 aliphatic rings. The van der Waals surface area contributed by atoms with Gasteiger partial charge < -0.3 is 15.4 Å². The Morgan fingerprint density at radius 2 is 1.87 bits per heavy atom. The minimum atomic E-state index is -0.767. The molecule has 8 nitrogen and oxygen atoms in total. The third kappa shape index (κ3) is 7.92. The van der Waals surface area contributed by atoms with Gasteiger partial charge in [0.25, 0.3) is 5.69 Å². The summed E-state index contributed by atoms with van der Waals surface area (Å²) in [7, 11) is 0. The highest BCUT2D eigenvalue weighted by Crippen LogP contribution is 2.21. The first-order valence-electron chi connectivity index (χ1n) is 9.09. The number of halogens is 1. The Labute approximate surface area is 177 Å². The van der Waals surface area contributed by atoms with Crippen molar-refractivity contribution in [2.45, 2.75) is 25.7 Å². The SMILES string of the molecule is O=C(CCC(=O)OCCCc1ccccc1)NC(=S)Nc1cc([N+](=O)[O-])ccc1F. The standard InChI is InChI=1S/C20H20FN3O5S/c21-16-9-8-15(24(27)28)13-17(16)22-20(30)23-18(25)10-11-19(26)29-12-4-7-14-5-2-1-3-6-14/h1-3,5-6,8-9,13H,4,7,10-12H2,(H2,22,23,25,30). The molecule has 0 saturated heterocycles. The Morgan fingerprint density at radius 3 is 2.57 bits per heavy atom. The van der Waals surface area contributed by atoms with E-state index in [1.54, 1.807) is 0 Å². The van der Waals surface area contributed by atoms with Crippen LogP contribution < -0.4 is 10.6 Å². The van der Waals surface area contributed by atoms with Crippen LogP contribution in [0.25, 0.3) is 0 Å². The van der Waals surface area contributed by atoms with Gasteiger partial charge in [0.05, 0.1) is 23.6 Å². The molecule has 0 aliphatic carbocycles. The fraction of sp³-hybridized carbons (Fsp3) is 0.250. The third-order valence-corrected chi connectivity index (χ3v) is 4.14. The average Bonchev–Trinajstić information content (AvgIpc) is 2.72. The summed E-state index contributed by atoms with van der Waals surface area (Å²) >= 11 is 4.90. The molecule has 30 heavy (non-hydrogen) atoms. The molecule has 2 aromatic carbocycles. The van der Waals surface area contributed by atoms with E-state index in [0.29, 0.717) is 6.42 Å². The molecule has 0 fully saturated rings. The molecule has 0 aromatic heterocycles. The summed E-state index contributed by atoms with van der Waals surface area (Å²) in [5, 5.41) is 15.2. The van der Waals surface area contributed by atoms with Crippen molar-refractivity contribution in [1.29, 1.82) is 0 Å². The van der Waals surface area contributed by atoms with Gasteiger partial charge >= 0.3 is 5.97 Å². The second kappa shape index (κ2) is 11.6.